The van der Waals surface area contributed by atoms with Gasteiger partial charge in [-0.1, -0.05) is 6.07 Å². The molecule has 294 valence electrons. The van der Waals surface area contributed by atoms with Crippen molar-refractivity contribution in [2.24, 2.45) is 0 Å². The molecule has 0 bridgehead atoms. The maximum absolute atomic E-state index is 12.5. The largest absolute Gasteiger partial charge is 0.744 e. The molecule has 0 saturated heterocycles. The second-order valence-electron chi connectivity index (χ2n) is 12.0. The van der Waals surface area contributed by atoms with Crippen LogP contribution in [0.4, 0.5) is 5.69 Å². The van der Waals surface area contributed by atoms with Crippen LogP contribution in [0.2, 0.25) is 0 Å². The fraction of sp³-hybridized carbons (Fsp3) is 0.378. The van der Waals surface area contributed by atoms with E-state index in [2.05, 4.69) is 52.8 Å². The average Bonchev–Trinajstić information content (AvgIpc) is 3.11. The summed E-state index contributed by atoms with van der Waals surface area (Å²) in [5, 5.41) is 17.6. The number of benzene rings is 3. The first-order valence-corrected chi connectivity index (χ1v) is 20.3. The number of carbonyl (C=O) groups excluding carboxylic acids is 1. The van der Waals surface area contributed by atoms with Gasteiger partial charge in [0.1, 0.15) is 25.1 Å². The van der Waals surface area contributed by atoms with Gasteiger partial charge in [0.15, 0.2) is 16.2 Å². The Morgan fingerprint density at radius 2 is 1.37 bits per heavy atom. The molecule has 54 heavy (non-hydrogen) atoms. The number of hydrogen-bond donors (Lipinski definition) is 6. The predicted molar refractivity (Wildman–Crippen MR) is 202 cm³/mol. The van der Waals surface area contributed by atoms with Gasteiger partial charge < -0.3 is 39.5 Å². The lowest BCUT2D eigenvalue weighted by molar-refractivity contribution is -0.894. The van der Waals surface area contributed by atoms with Gasteiger partial charge in [0.25, 0.3) is 5.91 Å². The maximum atomic E-state index is 12.5. The van der Waals surface area contributed by atoms with Gasteiger partial charge in [-0.3, -0.25) is 10.2 Å². The van der Waals surface area contributed by atoms with Gasteiger partial charge in [0.2, 0.25) is 5.36 Å². The van der Waals surface area contributed by atoms with Crippen LogP contribution in [0.15, 0.2) is 56.7 Å². The first-order chi connectivity index (χ1) is 25.4. The smallest absolute Gasteiger partial charge is 0.336 e. The third kappa shape index (κ3) is 11.1. The first-order valence-electron chi connectivity index (χ1n) is 17.4. The van der Waals surface area contributed by atoms with E-state index in [1.54, 1.807) is 9.80 Å². The van der Waals surface area contributed by atoms with Crippen molar-refractivity contribution in [3.63, 3.8) is 0 Å². The molecular weight excluding hydrogens is 739 g/mol. The van der Waals surface area contributed by atoms with Crippen LogP contribution in [0.5, 0.6) is 0 Å². The van der Waals surface area contributed by atoms with Gasteiger partial charge in [0, 0.05) is 41.1 Å². The van der Waals surface area contributed by atoms with E-state index in [0.717, 1.165) is 18.2 Å². The second kappa shape index (κ2) is 20.0. The molecule has 1 aliphatic heterocycles. The Bertz CT molecular complexity index is 2220. The number of hydrogen-bond acceptors (Lipinski definition) is 10. The Hall–Kier alpha value is -4.83. The quantitative estimate of drug-likeness (QED) is 0.0333. The van der Waals surface area contributed by atoms with Crippen LogP contribution in [0.3, 0.4) is 0 Å². The molecule has 8 N–H and O–H groups in total. The molecule has 2 aliphatic rings. The minimum absolute atomic E-state index is 0.0634. The SMILES string of the molecule is C#CCCNC(=O)c1ccc(-c2c3ccc(=[NH2+])c(S(=O)(=O)[O-])c-3oc3c(S(=O)(=O)[O-])c(N)ccc23)c(C(=O)O)c1.CC[NH+](CC)CC.CC[NH+](CC)CC. The standard InChI is InChI=1S/C25H19N3O10S2.2C6H15N/c1-2-3-10-28-24(29)12-4-5-13(16(11-12)25(30)31)19-14-6-8-17(26)22(39(32,33)34)20(14)38-21-15(19)7-9-18(27)23(21)40(35,36)37;2*1-4-7(5-2)6-3/h1,4-9,11,26H,3,10,27H2,(H,28,29)(H,30,31)(H,32,33,34)(H,35,36,37);2*4-6H2,1-3H3/p+1. The Balaban J connectivity index is 0.000000610. The van der Waals surface area contributed by atoms with Crippen molar-refractivity contribution >= 4 is 48.8 Å². The van der Waals surface area contributed by atoms with Gasteiger partial charge >= 0.3 is 5.97 Å². The third-order valence-electron chi connectivity index (χ3n) is 8.86. The zero-order valence-corrected chi connectivity index (χ0v) is 33.0. The molecule has 17 heteroatoms. The van der Waals surface area contributed by atoms with E-state index in [1.165, 1.54) is 63.5 Å². The summed E-state index contributed by atoms with van der Waals surface area (Å²) in [4.78, 5) is 26.1. The van der Waals surface area contributed by atoms with Crippen LogP contribution < -0.4 is 31.6 Å². The Morgan fingerprint density at radius 3 is 1.81 bits per heavy atom. The molecule has 2 aromatic rings. The third-order valence-corrected chi connectivity index (χ3v) is 10.7. The number of carboxylic acids is 1. The number of fused-ring (bicyclic) bond motifs is 2. The van der Waals surface area contributed by atoms with Crippen molar-refractivity contribution in [3.8, 4) is 34.8 Å². The van der Waals surface area contributed by atoms with Gasteiger partial charge in [-0.2, -0.15) is 0 Å². The molecule has 0 unspecified atom stereocenters. The van der Waals surface area contributed by atoms with Crippen LogP contribution in [-0.2, 0) is 20.2 Å². The highest BCUT2D eigenvalue weighted by Gasteiger charge is 2.30. The fourth-order valence-corrected chi connectivity index (χ4v) is 7.21. The molecule has 0 aromatic heterocycles. The van der Waals surface area contributed by atoms with Crippen molar-refractivity contribution in [2.45, 2.75) is 57.8 Å². The minimum atomic E-state index is -5.35. The van der Waals surface area contributed by atoms with Gasteiger partial charge in [-0.05, 0) is 77.4 Å². The number of aromatic carboxylic acids is 1. The first kappa shape index (κ1) is 45.3. The summed E-state index contributed by atoms with van der Waals surface area (Å²) < 4.78 is 78.5. The molecule has 0 fully saturated rings. The lowest BCUT2D eigenvalue weighted by atomic mass is 9.89. The molecule has 0 saturated carbocycles. The van der Waals surface area contributed by atoms with Crippen molar-refractivity contribution in [3.05, 3.63) is 58.9 Å². The summed E-state index contributed by atoms with van der Waals surface area (Å²) in [7, 11) is -10.7. The van der Waals surface area contributed by atoms with Crippen LogP contribution in [0.25, 0.3) is 33.4 Å². The minimum Gasteiger partial charge on any atom is -0.744 e. The van der Waals surface area contributed by atoms with E-state index in [-0.39, 0.29) is 40.6 Å². The summed E-state index contributed by atoms with van der Waals surface area (Å²) in [5.74, 6) is -0.550. The molecule has 0 atom stereocenters. The molecule has 1 amide bonds. The van der Waals surface area contributed by atoms with E-state index in [0.29, 0.717) is 0 Å². The number of amides is 1. The van der Waals surface area contributed by atoms with E-state index < -0.39 is 69.9 Å². The zero-order valence-electron chi connectivity index (χ0n) is 31.4. The zero-order chi connectivity index (χ0) is 41.0. The van der Waals surface area contributed by atoms with Crippen molar-refractivity contribution in [1.29, 1.82) is 0 Å². The summed E-state index contributed by atoms with van der Waals surface area (Å²) in [6.45, 7) is 21.1. The molecule has 0 radical (unpaired) electrons. The number of quaternary nitrogens is 2. The van der Waals surface area contributed by atoms with E-state index in [9.17, 15) is 40.6 Å². The number of terminal acetylenes is 1. The molecule has 0 spiro atoms. The van der Waals surface area contributed by atoms with Crippen LogP contribution >= 0.6 is 0 Å². The molecule has 4 rings (SSSR count). The molecular formula is C37H50N5O10S2+. The summed E-state index contributed by atoms with van der Waals surface area (Å²) >= 11 is 0. The number of carboxylic acid groups (broad SMARTS) is 1. The number of carbonyl (C=O) groups is 2. The molecule has 1 aliphatic carbocycles. The Labute approximate surface area is 316 Å². The monoisotopic (exact) mass is 788 g/mol. The number of rotatable bonds is 13. The van der Waals surface area contributed by atoms with Gasteiger partial charge in [-0.15, -0.1) is 12.3 Å². The van der Waals surface area contributed by atoms with Crippen molar-refractivity contribution < 1.29 is 60.3 Å². The van der Waals surface area contributed by atoms with Crippen LogP contribution in [-0.4, -0.2) is 88.7 Å². The highest BCUT2D eigenvalue weighted by atomic mass is 32.2. The van der Waals surface area contributed by atoms with Gasteiger partial charge in [-0.25, -0.2) is 21.6 Å². The summed E-state index contributed by atoms with van der Waals surface area (Å²) in [5.41, 5.74) is 3.49. The lowest BCUT2D eigenvalue weighted by Crippen LogP contribution is -3.11. The van der Waals surface area contributed by atoms with Crippen molar-refractivity contribution in [2.75, 3.05) is 51.5 Å². The lowest BCUT2D eigenvalue weighted by Gasteiger charge is -2.21. The van der Waals surface area contributed by atoms with Crippen molar-refractivity contribution in [1.82, 2.24) is 5.32 Å². The van der Waals surface area contributed by atoms with E-state index >= 15 is 0 Å². The Kier molecular flexibility index (Phi) is 16.8. The van der Waals surface area contributed by atoms with E-state index in [1.807, 2.05) is 0 Å². The number of anilines is 1. The molecule has 15 nitrogen and oxygen atoms in total. The van der Waals surface area contributed by atoms with Gasteiger partial charge in [0.05, 0.1) is 50.5 Å². The molecule has 1 heterocycles. The number of nitrogens with two attached hydrogens (primary N) is 2. The van der Waals surface area contributed by atoms with E-state index in [4.69, 9.17) is 22.0 Å². The van der Waals surface area contributed by atoms with Crippen LogP contribution in [0.1, 0.15) is 68.7 Å². The summed E-state index contributed by atoms with van der Waals surface area (Å²) in [6, 6.07) is 8.10. The second-order valence-corrected chi connectivity index (χ2v) is 14.6. The topological polar surface area (TPSA) is 254 Å². The number of nitrogens with one attached hydrogen (secondary N) is 3. The Morgan fingerprint density at radius 1 is 0.852 bits per heavy atom. The summed E-state index contributed by atoms with van der Waals surface area (Å²) in [6.07, 6.45) is 5.39. The molecule has 2 aromatic carbocycles. The average molecular weight is 789 g/mol. The fourth-order valence-electron chi connectivity index (χ4n) is 5.74. The highest BCUT2D eigenvalue weighted by Crippen LogP contribution is 2.45. The normalized spacial score (nSPS) is 11.4. The number of nitrogen functional groups attached to an aromatic ring is 1. The van der Waals surface area contributed by atoms with Crippen LogP contribution in [0, 0.1) is 12.3 Å². The maximum Gasteiger partial charge on any atom is 0.336 e. The highest BCUT2D eigenvalue weighted by molar-refractivity contribution is 7.86. The predicted octanol–water partition coefficient (Wildman–Crippen LogP) is -0.432.